The molecule has 140 valence electrons. The summed E-state index contributed by atoms with van der Waals surface area (Å²) in [5.74, 6) is -0.271. The lowest BCUT2D eigenvalue weighted by Gasteiger charge is -2.34. The Morgan fingerprint density at radius 1 is 1.15 bits per heavy atom. The average molecular weight is 388 g/mol. The summed E-state index contributed by atoms with van der Waals surface area (Å²) in [6, 6.07) is 10.1. The van der Waals surface area contributed by atoms with Gasteiger partial charge in [-0.05, 0) is 28.8 Å². The summed E-state index contributed by atoms with van der Waals surface area (Å²) in [7, 11) is 0. The number of carbonyl (C=O) groups is 2. The van der Waals surface area contributed by atoms with Gasteiger partial charge in [0.1, 0.15) is 19.3 Å². The Morgan fingerprint density at radius 3 is 2.67 bits per heavy atom. The number of carboxylic acid groups (broad SMARTS) is 1. The van der Waals surface area contributed by atoms with Crippen LogP contribution in [0.5, 0.6) is 11.5 Å². The highest BCUT2D eigenvalue weighted by molar-refractivity contribution is 6.32. The van der Waals surface area contributed by atoms with Crippen LogP contribution < -0.4 is 9.47 Å². The summed E-state index contributed by atoms with van der Waals surface area (Å²) in [5, 5.41) is 9.98. The molecule has 0 aliphatic carbocycles. The maximum atomic E-state index is 12.9. The van der Waals surface area contributed by atoms with Gasteiger partial charge in [0, 0.05) is 13.0 Å². The number of hydrogen-bond donors (Lipinski definition) is 1. The van der Waals surface area contributed by atoms with Crippen LogP contribution >= 0.6 is 11.6 Å². The Morgan fingerprint density at radius 2 is 1.89 bits per heavy atom. The van der Waals surface area contributed by atoms with E-state index in [1.807, 2.05) is 24.3 Å². The molecule has 1 N–H and O–H groups in total. The van der Waals surface area contributed by atoms with Gasteiger partial charge in [0.25, 0.3) is 0 Å². The number of aliphatic carboxylic acids is 1. The zero-order chi connectivity index (χ0) is 19.0. The number of benzene rings is 2. The van der Waals surface area contributed by atoms with Crippen LogP contribution in [0.4, 0.5) is 0 Å². The normalized spacial score (nSPS) is 18.0. The largest absolute Gasteiger partial charge is 0.486 e. The van der Waals surface area contributed by atoms with Gasteiger partial charge in [0.05, 0.1) is 11.4 Å². The van der Waals surface area contributed by atoms with Crippen molar-refractivity contribution in [2.75, 3.05) is 13.2 Å². The van der Waals surface area contributed by atoms with Gasteiger partial charge in [-0.2, -0.15) is 0 Å². The van der Waals surface area contributed by atoms with Gasteiger partial charge < -0.3 is 19.5 Å². The molecule has 6 nitrogen and oxygen atoms in total. The topological polar surface area (TPSA) is 76.1 Å². The molecule has 0 spiro atoms. The van der Waals surface area contributed by atoms with Gasteiger partial charge in [-0.15, -0.1) is 0 Å². The second-order valence-electron chi connectivity index (χ2n) is 6.63. The molecule has 27 heavy (non-hydrogen) atoms. The van der Waals surface area contributed by atoms with E-state index in [0.717, 1.165) is 11.1 Å². The fourth-order valence-electron chi connectivity index (χ4n) is 3.55. The molecule has 2 aliphatic rings. The highest BCUT2D eigenvalue weighted by atomic mass is 35.5. The molecule has 2 heterocycles. The van der Waals surface area contributed by atoms with E-state index in [-0.39, 0.29) is 18.9 Å². The number of nitrogens with zero attached hydrogens (tertiary/aromatic N) is 1. The molecule has 2 aromatic carbocycles. The highest BCUT2D eigenvalue weighted by Crippen LogP contribution is 2.38. The van der Waals surface area contributed by atoms with Gasteiger partial charge in [-0.3, -0.25) is 4.79 Å². The molecule has 2 aliphatic heterocycles. The Hall–Kier alpha value is -2.73. The van der Waals surface area contributed by atoms with Crippen molar-refractivity contribution in [3.63, 3.8) is 0 Å². The fraction of sp³-hybridized carbons (Fsp3) is 0.300. The van der Waals surface area contributed by atoms with E-state index in [1.54, 1.807) is 12.1 Å². The van der Waals surface area contributed by atoms with Crippen molar-refractivity contribution in [2.24, 2.45) is 0 Å². The average Bonchev–Trinajstić information content (AvgIpc) is 2.67. The van der Waals surface area contributed by atoms with Crippen LogP contribution in [0.15, 0.2) is 36.4 Å². The SMILES string of the molecule is O=C(O)C1Cc2ccccc2CN1C(=O)Cc1cc(Cl)c2c(c1)OCCO2. The minimum absolute atomic E-state index is 0.0440. The summed E-state index contributed by atoms with van der Waals surface area (Å²) >= 11 is 6.24. The van der Waals surface area contributed by atoms with Crippen LogP contribution in [0, 0.1) is 0 Å². The highest BCUT2D eigenvalue weighted by Gasteiger charge is 2.34. The van der Waals surface area contributed by atoms with Crippen molar-refractivity contribution in [2.45, 2.75) is 25.4 Å². The van der Waals surface area contributed by atoms with Gasteiger partial charge in [-0.1, -0.05) is 35.9 Å². The maximum Gasteiger partial charge on any atom is 0.326 e. The Kier molecular flexibility index (Phi) is 4.66. The first-order valence-corrected chi connectivity index (χ1v) is 9.08. The standard InChI is InChI=1S/C20H18ClNO5/c21-15-7-12(8-17-19(15)27-6-5-26-17)9-18(23)22-11-14-4-2-1-3-13(14)10-16(22)20(24)25/h1-4,7-8,16H,5-6,9-11H2,(H,24,25). The molecule has 0 bridgehead atoms. The summed E-state index contributed by atoms with van der Waals surface area (Å²) in [6.07, 6.45) is 0.349. The second-order valence-corrected chi connectivity index (χ2v) is 7.03. The molecule has 0 fully saturated rings. The molecule has 0 aromatic heterocycles. The summed E-state index contributed by atoms with van der Waals surface area (Å²) < 4.78 is 11.0. The van der Waals surface area contributed by atoms with E-state index >= 15 is 0 Å². The molecule has 2 aromatic rings. The fourth-order valence-corrected chi connectivity index (χ4v) is 3.84. The number of amides is 1. The molecule has 0 radical (unpaired) electrons. The first kappa shape index (κ1) is 17.7. The number of hydrogen-bond acceptors (Lipinski definition) is 4. The van der Waals surface area contributed by atoms with E-state index in [1.165, 1.54) is 4.90 Å². The lowest BCUT2D eigenvalue weighted by atomic mass is 9.93. The molecule has 7 heteroatoms. The van der Waals surface area contributed by atoms with Crippen molar-refractivity contribution < 1.29 is 24.2 Å². The van der Waals surface area contributed by atoms with Crippen molar-refractivity contribution in [1.82, 2.24) is 4.90 Å². The van der Waals surface area contributed by atoms with E-state index < -0.39 is 12.0 Å². The monoisotopic (exact) mass is 387 g/mol. The van der Waals surface area contributed by atoms with Crippen LogP contribution in [0.1, 0.15) is 16.7 Å². The molecule has 1 atom stereocenters. The zero-order valence-corrected chi connectivity index (χ0v) is 15.2. The number of ether oxygens (including phenoxy) is 2. The quantitative estimate of drug-likeness (QED) is 0.876. The minimum Gasteiger partial charge on any atom is -0.486 e. The lowest BCUT2D eigenvalue weighted by molar-refractivity contribution is -0.151. The molecule has 1 unspecified atom stereocenters. The van der Waals surface area contributed by atoms with Crippen LogP contribution in [0.3, 0.4) is 0 Å². The predicted molar refractivity (Wildman–Crippen MR) is 98.3 cm³/mol. The first-order chi connectivity index (χ1) is 13.0. The van der Waals surface area contributed by atoms with E-state index in [0.29, 0.717) is 41.7 Å². The zero-order valence-electron chi connectivity index (χ0n) is 14.5. The van der Waals surface area contributed by atoms with Crippen molar-refractivity contribution in [3.05, 3.63) is 58.1 Å². The van der Waals surface area contributed by atoms with Crippen LogP contribution in [-0.2, 0) is 29.0 Å². The molecule has 0 saturated heterocycles. The Labute approximate surface area is 161 Å². The first-order valence-electron chi connectivity index (χ1n) is 8.70. The third kappa shape index (κ3) is 3.45. The number of carboxylic acids is 1. The smallest absolute Gasteiger partial charge is 0.326 e. The lowest BCUT2D eigenvalue weighted by Crippen LogP contribution is -2.49. The maximum absolute atomic E-state index is 12.9. The summed E-state index contributed by atoms with van der Waals surface area (Å²) in [6.45, 7) is 1.13. The van der Waals surface area contributed by atoms with E-state index in [9.17, 15) is 14.7 Å². The Bertz CT molecular complexity index is 913. The number of halogens is 1. The van der Waals surface area contributed by atoms with Gasteiger partial charge in [0.2, 0.25) is 5.91 Å². The summed E-state index contributed by atoms with van der Waals surface area (Å²) in [4.78, 5) is 26.1. The molecule has 0 saturated carbocycles. The number of fused-ring (bicyclic) bond motifs is 2. The van der Waals surface area contributed by atoms with Gasteiger partial charge >= 0.3 is 5.97 Å². The third-order valence-electron chi connectivity index (χ3n) is 4.87. The van der Waals surface area contributed by atoms with Gasteiger partial charge in [-0.25, -0.2) is 4.79 Å². The Balaban J connectivity index is 1.58. The molecule has 4 rings (SSSR count). The summed E-state index contributed by atoms with van der Waals surface area (Å²) in [5.41, 5.74) is 2.61. The van der Waals surface area contributed by atoms with Crippen LogP contribution in [-0.4, -0.2) is 41.1 Å². The molecular formula is C20H18ClNO5. The van der Waals surface area contributed by atoms with E-state index in [4.69, 9.17) is 21.1 Å². The predicted octanol–water partition coefficient (Wildman–Crippen LogP) is 2.69. The van der Waals surface area contributed by atoms with Crippen molar-refractivity contribution in [3.8, 4) is 11.5 Å². The number of rotatable bonds is 3. The van der Waals surface area contributed by atoms with Crippen molar-refractivity contribution in [1.29, 1.82) is 0 Å². The molecule has 1 amide bonds. The number of carbonyl (C=O) groups excluding carboxylic acids is 1. The van der Waals surface area contributed by atoms with E-state index in [2.05, 4.69) is 0 Å². The van der Waals surface area contributed by atoms with Gasteiger partial charge in [0.15, 0.2) is 11.5 Å². The van der Waals surface area contributed by atoms with Crippen LogP contribution in [0.2, 0.25) is 5.02 Å². The van der Waals surface area contributed by atoms with Crippen LogP contribution in [0.25, 0.3) is 0 Å². The second kappa shape index (κ2) is 7.12. The van der Waals surface area contributed by atoms with Crippen molar-refractivity contribution >= 4 is 23.5 Å². The molecular weight excluding hydrogens is 370 g/mol. The third-order valence-corrected chi connectivity index (χ3v) is 5.15. The minimum atomic E-state index is -1.00.